The molecule has 0 spiro atoms. The molecule has 0 aliphatic carbocycles. The minimum absolute atomic E-state index is 0.235. The second-order valence-electron chi connectivity index (χ2n) is 4.88. The predicted octanol–water partition coefficient (Wildman–Crippen LogP) is 2.61. The molecule has 0 atom stereocenters. The molecule has 7 nitrogen and oxygen atoms in total. The fourth-order valence-corrected chi connectivity index (χ4v) is 2.72. The second-order valence-corrected chi connectivity index (χ2v) is 5.68. The zero-order valence-corrected chi connectivity index (χ0v) is 13.6. The van der Waals surface area contributed by atoms with Crippen molar-refractivity contribution < 1.29 is 14.3 Å². The second kappa shape index (κ2) is 6.76. The minimum atomic E-state index is -0.235. The van der Waals surface area contributed by atoms with Crippen LogP contribution in [0.25, 0.3) is 11.0 Å². The third kappa shape index (κ3) is 3.49. The van der Waals surface area contributed by atoms with E-state index < -0.39 is 0 Å². The van der Waals surface area contributed by atoms with Gasteiger partial charge in [-0.3, -0.25) is 4.79 Å². The Morgan fingerprint density at radius 1 is 1.39 bits per heavy atom. The molecule has 0 aromatic carbocycles. The smallest absolute Gasteiger partial charge is 0.260 e. The molecule has 0 radical (unpaired) electrons. The highest BCUT2D eigenvalue weighted by Gasteiger charge is 2.15. The summed E-state index contributed by atoms with van der Waals surface area (Å²) in [6, 6.07) is 5.41. The van der Waals surface area contributed by atoms with Gasteiger partial charge in [-0.25, -0.2) is 4.98 Å². The number of hydrogen-bond donors (Lipinski definition) is 2. The molecule has 0 bridgehead atoms. The maximum Gasteiger partial charge on any atom is 0.260 e. The van der Waals surface area contributed by atoms with Crippen LogP contribution in [-0.2, 0) is 4.74 Å². The number of nitrogens with zero attached hydrogens (tertiary/aromatic N) is 2. The first-order valence-electron chi connectivity index (χ1n) is 7.02. The number of fused-ring (bicyclic) bond motifs is 1. The fraction of sp³-hybridized carbons (Fsp3) is 0.267. The van der Waals surface area contributed by atoms with Crippen LogP contribution in [0.1, 0.15) is 16.1 Å². The average Bonchev–Trinajstić information content (AvgIpc) is 3.13. The molecule has 0 unspecified atom stereocenters. The van der Waals surface area contributed by atoms with Gasteiger partial charge in [-0.05, 0) is 30.6 Å². The highest BCUT2D eigenvalue weighted by atomic mass is 32.1. The summed E-state index contributed by atoms with van der Waals surface area (Å²) in [7, 11) is 1.61. The number of aromatic nitrogens is 3. The lowest BCUT2D eigenvalue weighted by atomic mass is 10.2. The van der Waals surface area contributed by atoms with Gasteiger partial charge in [-0.15, -0.1) is 0 Å². The van der Waals surface area contributed by atoms with Crippen LogP contribution >= 0.6 is 11.5 Å². The van der Waals surface area contributed by atoms with Crippen molar-refractivity contribution >= 4 is 33.5 Å². The molecule has 23 heavy (non-hydrogen) atoms. The third-order valence-electron chi connectivity index (χ3n) is 3.14. The first-order chi connectivity index (χ1) is 11.2. The van der Waals surface area contributed by atoms with Gasteiger partial charge in [0.1, 0.15) is 17.1 Å². The maximum absolute atomic E-state index is 12.4. The zero-order chi connectivity index (χ0) is 16.2. The summed E-state index contributed by atoms with van der Waals surface area (Å²) in [5, 5.41) is 3.53. The average molecular weight is 332 g/mol. The number of H-pyrrole nitrogens is 1. The molecule has 3 heterocycles. The first-order valence-corrected chi connectivity index (χ1v) is 7.79. The molecule has 3 aromatic rings. The number of aryl methyl sites for hydroxylation is 1. The lowest BCUT2D eigenvalue weighted by molar-refractivity contribution is 0.102. The SMILES string of the molecule is COCCOc1ccc2[nH]cc(C(=O)Nc3cc(C)ns3)c2n1. The molecule has 0 aliphatic heterocycles. The van der Waals surface area contributed by atoms with Crippen LogP contribution in [0, 0.1) is 6.92 Å². The summed E-state index contributed by atoms with van der Waals surface area (Å²) in [4.78, 5) is 19.8. The number of amides is 1. The Labute approximate surface area is 136 Å². The molecule has 1 amide bonds. The molecule has 0 aliphatic rings. The van der Waals surface area contributed by atoms with E-state index >= 15 is 0 Å². The number of methoxy groups -OCH3 is 1. The van der Waals surface area contributed by atoms with Crippen molar-refractivity contribution in [2.75, 3.05) is 25.6 Å². The topological polar surface area (TPSA) is 89.1 Å². The first kappa shape index (κ1) is 15.4. The summed E-state index contributed by atoms with van der Waals surface area (Å²) in [6.45, 7) is 2.76. The van der Waals surface area contributed by atoms with Crippen LogP contribution in [0.15, 0.2) is 24.4 Å². The van der Waals surface area contributed by atoms with E-state index in [1.54, 1.807) is 19.4 Å². The summed E-state index contributed by atoms with van der Waals surface area (Å²) in [5.74, 6) is 0.221. The van der Waals surface area contributed by atoms with Crippen molar-refractivity contribution in [1.82, 2.24) is 14.3 Å². The standard InChI is InChI=1S/C15H16N4O3S/c1-9-7-13(23-19-9)18-15(20)10-8-16-11-3-4-12(17-14(10)11)22-6-5-21-2/h3-4,7-8,16H,5-6H2,1-2H3,(H,18,20). The number of rotatable bonds is 6. The number of carbonyl (C=O) groups is 1. The molecule has 2 N–H and O–H groups in total. The highest BCUT2D eigenvalue weighted by molar-refractivity contribution is 7.10. The number of carbonyl (C=O) groups excluding carboxylic acids is 1. The highest BCUT2D eigenvalue weighted by Crippen LogP contribution is 2.22. The van der Waals surface area contributed by atoms with E-state index in [0.29, 0.717) is 35.2 Å². The Balaban J connectivity index is 1.82. The van der Waals surface area contributed by atoms with Crippen molar-refractivity contribution in [2.45, 2.75) is 6.92 Å². The Hall–Kier alpha value is -2.45. The summed E-state index contributed by atoms with van der Waals surface area (Å²) < 4.78 is 14.6. The van der Waals surface area contributed by atoms with E-state index in [4.69, 9.17) is 9.47 Å². The molecule has 0 saturated heterocycles. The van der Waals surface area contributed by atoms with Gasteiger partial charge < -0.3 is 19.8 Å². The Bertz CT molecular complexity index is 827. The van der Waals surface area contributed by atoms with Gasteiger partial charge in [0.15, 0.2) is 0 Å². The molecule has 3 rings (SSSR count). The lowest BCUT2D eigenvalue weighted by Crippen LogP contribution is -2.11. The van der Waals surface area contributed by atoms with Gasteiger partial charge in [0, 0.05) is 19.4 Å². The van der Waals surface area contributed by atoms with Crippen LogP contribution in [0.3, 0.4) is 0 Å². The molecular weight excluding hydrogens is 316 g/mol. The Morgan fingerprint density at radius 3 is 3.00 bits per heavy atom. The van der Waals surface area contributed by atoms with Gasteiger partial charge in [0.25, 0.3) is 5.91 Å². The maximum atomic E-state index is 12.4. The van der Waals surface area contributed by atoms with Crippen molar-refractivity contribution in [3.8, 4) is 5.88 Å². The van der Waals surface area contributed by atoms with Gasteiger partial charge in [0.2, 0.25) is 5.88 Å². The molecule has 8 heteroatoms. The molecular formula is C15H16N4O3S. The Morgan fingerprint density at radius 2 is 2.26 bits per heavy atom. The van der Waals surface area contributed by atoms with Gasteiger partial charge in [-0.2, -0.15) is 4.37 Å². The number of nitrogens with one attached hydrogen (secondary N) is 2. The summed E-state index contributed by atoms with van der Waals surface area (Å²) in [5.41, 5.74) is 2.67. The Kier molecular flexibility index (Phi) is 4.54. The van der Waals surface area contributed by atoms with Crippen molar-refractivity contribution in [1.29, 1.82) is 0 Å². The number of ether oxygens (including phenoxy) is 2. The van der Waals surface area contributed by atoms with Crippen molar-refractivity contribution in [3.05, 3.63) is 35.7 Å². The van der Waals surface area contributed by atoms with E-state index in [1.807, 2.05) is 19.1 Å². The van der Waals surface area contributed by atoms with Crippen molar-refractivity contribution in [2.24, 2.45) is 0 Å². The summed E-state index contributed by atoms with van der Waals surface area (Å²) in [6.07, 6.45) is 1.64. The predicted molar refractivity (Wildman–Crippen MR) is 88.3 cm³/mol. The quantitative estimate of drug-likeness (QED) is 0.677. The van der Waals surface area contributed by atoms with E-state index in [9.17, 15) is 4.79 Å². The van der Waals surface area contributed by atoms with Gasteiger partial charge in [-0.1, -0.05) is 0 Å². The molecule has 0 fully saturated rings. The fourth-order valence-electron chi connectivity index (χ4n) is 2.07. The van der Waals surface area contributed by atoms with Gasteiger partial charge >= 0.3 is 0 Å². The lowest BCUT2D eigenvalue weighted by Gasteiger charge is -2.05. The summed E-state index contributed by atoms with van der Waals surface area (Å²) >= 11 is 1.25. The normalized spacial score (nSPS) is 10.9. The zero-order valence-electron chi connectivity index (χ0n) is 12.8. The largest absolute Gasteiger partial charge is 0.475 e. The van der Waals surface area contributed by atoms with E-state index in [1.165, 1.54) is 11.5 Å². The minimum Gasteiger partial charge on any atom is -0.475 e. The van der Waals surface area contributed by atoms with Crippen molar-refractivity contribution in [3.63, 3.8) is 0 Å². The number of aromatic amines is 1. The molecule has 120 valence electrons. The number of anilines is 1. The number of pyridine rings is 1. The van der Waals surface area contributed by atoms with E-state index in [2.05, 4.69) is 19.7 Å². The monoisotopic (exact) mass is 332 g/mol. The van der Waals surface area contributed by atoms with Crippen LogP contribution < -0.4 is 10.1 Å². The molecule has 3 aromatic heterocycles. The van der Waals surface area contributed by atoms with E-state index in [0.717, 1.165) is 11.2 Å². The van der Waals surface area contributed by atoms with Crippen LogP contribution in [0.4, 0.5) is 5.00 Å². The number of hydrogen-bond acceptors (Lipinski definition) is 6. The van der Waals surface area contributed by atoms with E-state index in [-0.39, 0.29) is 5.91 Å². The van der Waals surface area contributed by atoms with Crippen LogP contribution in [0.5, 0.6) is 5.88 Å². The van der Waals surface area contributed by atoms with Crippen LogP contribution in [0.2, 0.25) is 0 Å². The third-order valence-corrected chi connectivity index (χ3v) is 3.94. The van der Waals surface area contributed by atoms with Gasteiger partial charge in [0.05, 0.1) is 23.4 Å². The van der Waals surface area contributed by atoms with Crippen LogP contribution in [-0.4, -0.2) is 40.6 Å². The molecule has 0 saturated carbocycles.